The number of aryl methyl sites for hydroxylation is 1. The van der Waals surface area contributed by atoms with Crippen molar-refractivity contribution in [1.29, 1.82) is 0 Å². The molecule has 2 aromatic rings. The monoisotopic (exact) mass is 558 g/mol. The summed E-state index contributed by atoms with van der Waals surface area (Å²) in [6.45, 7) is 7.32. The fraction of sp³-hybridized carbons (Fsp3) is 0.435. The highest BCUT2D eigenvalue weighted by Crippen LogP contribution is 2.48. The smallest absolute Gasteiger partial charge is 0.433 e. The summed E-state index contributed by atoms with van der Waals surface area (Å²) in [4.78, 5) is 27.6. The number of benzene rings is 1. The molecule has 1 aliphatic heterocycles. The van der Waals surface area contributed by atoms with Crippen LogP contribution in [0.3, 0.4) is 0 Å². The summed E-state index contributed by atoms with van der Waals surface area (Å²) in [7, 11) is -4.47. The number of rotatable bonds is 11. The third-order valence-electron chi connectivity index (χ3n) is 5.40. The minimum atomic E-state index is -4.47. The Bertz CT molecular complexity index is 1290. The molecule has 4 N–H and O–H groups in total. The SMILES string of the molecule is C=C(N[P@@](=O)(OCc1ccccc1C)OC[C@H]1O[C@@H](n2ccc(N)nc2=O)C(F)(F)[C@@H]1O)C(=O)OC(C)C. The lowest BCUT2D eigenvalue weighted by molar-refractivity contribution is -0.143. The molecule has 0 saturated carbocycles. The second-order valence-corrected chi connectivity index (χ2v) is 10.5. The van der Waals surface area contributed by atoms with Gasteiger partial charge < -0.3 is 20.3 Å². The summed E-state index contributed by atoms with van der Waals surface area (Å²) in [6, 6.07) is 8.11. The number of esters is 1. The maximum Gasteiger partial charge on any atom is 0.433 e. The number of halogens is 2. The molecule has 1 saturated heterocycles. The van der Waals surface area contributed by atoms with Crippen LogP contribution in [-0.4, -0.2) is 51.5 Å². The predicted octanol–water partition coefficient (Wildman–Crippen LogP) is 2.42. The van der Waals surface area contributed by atoms with E-state index in [2.05, 4.69) is 16.7 Å². The van der Waals surface area contributed by atoms with E-state index in [9.17, 15) is 28.0 Å². The van der Waals surface area contributed by atoms with Crippen LogP contribution in [0.25, 0.3) is 0 Å². The number of carbonyl (C=O) groups excluding carboxylic acids is 1. The normalized spacial score (nSPS) is 22.1. The van der Waals surface area contributed by atoms with E-state index in [1.165, 1.54) is 0 Å². The van der Waals surface area contributed by atoms with Gasteiger partial charge in [-0.15, -0.1) is 0 Å². The number of nitrogens with zero attached hydrogens (tertiary/aromatic N) is 2. The van der Waals surface area contributed by atoms with E-state index < -0.39 is 62.2 Å². The molecule has 1 aliphatic rings. The second-order valence-electron chi connectivity index (χ2n) is 8.73. The van der Waals surface area contributed by atoms with Crippen LogP contribution in [0.15, 0.2) is 53.6 Å². The molecule has 38 heavy (non-hydrogen) atoms. The van der Waals surface area contributed by atoms with Crippen LogP contribution in [0.2, 0.25) is 0 Å². The molecule has 15 heteroatoms. The molecule has 208 valence electrons. The van der Waals surface area contributed by atoms with Crippen LogP contribution >= 0.6 is 7.75 Å². The Hall–Kier alpha value is -3.16. The number of ether oxygens (including phenoxy) is 2. The molecule has 0 bridgehead atoms. The van der Waals surface area contributed by atoms with Crippen LogP contribution in [0.4, 0.5) is 14.6 Å². The van der Waals surface area contributed by atoms with Gasteiger partial charge in [-0.3, -0.25) is 18.7 Å². The van der Waals surface area contributed by atoms with Crippen molar-refractivity contribution < 1.29 is 41.8 Å². The summed E-state index contributed by atoms with van der Waals surface area (Å²) < 4.78 is 64.7. The molecule has 1 fully saturated rings. The average Bonchev–Trinajstić information content (AvgIpc) is 3.05. The van der Waals surface area contributed by atoms with E-state index >= 15 is 0 Å². The number of alkyl halides is 2. The maximum absolute atomic E-state index is 14.8. The Kier molecular flexibility index (Phi) is 9.05. The van der Waals surface area contributed by atoms with Crippen molar-refractivity contribution in [2.45, 2.75) is 57.8 Å². The van der Waals surface area contributed by atoms with Gasteiger partial charge in [-0.05, 0) is 38.0 Å². The van der Waals surface area contributed by atoms with E-state index in [-0.39, 0.29) is 12.4 Å². The van der Waals surface area contributed by atoms with Crippen molar-refractivity contribution in [1.82, 2.24) is 14.6 Å². The average molecular weight is 558 g/mol. The zero-order valence-electron chi connectivity index (χ0n) is 20.9. The lowest BCUT2D eigenvalue weighted by atomic mass is 10.1. The molecule has 0 spiro atoms. The lowest BCUT2D eigenvalue weighted by Gasteiger charge is -2.23. The number of aliphatic hydroxyl groups is 1. The summed E-state index contributed by atoms with van der Waals surface area (Å²) in [5.74, 6) is -5.09. The lowest BCUT2D eigenvalue weighted by Crippen LogP contribution is -2.42. The predicted molar refractivity (Wildman–Crippen MR) is 131 cm³/mol. The van der Waals surface area contributed by atoms with E-state index in [4.69, 9.17) is 24.3 Å². The summed E-state index contributed by atoms with van der Waals surface area (Å²) in [5, 5.41) is 12.5. The van der Waals surface area contributed by atoms with Gasteiger partial charge in [0.1, 0.15) is 17.6 Å². The quantitative estimate of drug-likeness (QED) is 0.211. The third kappa shape index (κ3) is 6.83. The van der Waals surface area contributed by atoms with E-state index in [1.54, 1.807) is 45.0 Å². The van der Waals surface area contributed by atoms with Gasteiger partial charge in [0, 0.05) is 6.20 Å². The zero-order valence-corrected chi connectivity index (χ0v) is 21.8. The highest BCUT2D eigenvalue weighted by atomic mass is 31.2. The number of carbonyl (C=O) groups is 1. The Labute approximate surface area is 216 Å². The first-order valence-electron chi connectivity index (χ1n) is 11.4. The van der Waals surface area contributed by atoms with Crippen molar-refractivity contribution in [2.24, 2.45) is 0 Å². The largest absolute Gasteiger partial charge is 0.458 e. The highest BCUT2D eigenvalue weighted by Gasteiger charge is 2.60. The van der Waals surface area contributed by atoms with Gasteiger partial charge in [0.05, 0.1) is 19.3 Å². The molecule has 12 nitrogen and oxygen atoms in total. The first kappa shape index (κ1) is 29.4. The number of aliphatic hydroxyl groups excluding tert-OH is 1. The molecule has 0 amide bonds. The van der Waals surface area contributed by atoms with Gasteiger partial charge in [0.15, 0.2) is 6.10 Å². The topological polar surface area (TPSA) is 164 Å². The number of aromatic nitrogens is 2. The molecule has 0 unspecified atom stereocenters. The number of hydrogen-bond donors (Lipinski definition) is 3. The van der Waals surface area contributed by atoms with Crippen LogP contribution in [0, 0.1) is 6.92 Å². The van der Waals surface area contributed by atoms with Crippen LogP contribution in [0.1, 0.15) is 31.2 Å². The standard InChI is InChI=1S/C23H29F2N4O8P/c1-13(2)36-20(31)15(4)28-38(33,34-11-16-8-6-5-7-14(16)3)35-12-17-19(30)23(24,25)21(37-17)29-10-9-18(26)27-22(29)32/h5-10,13,17,19,21,30H,4,11-12H2,1-3H3,(H,28,33)(H2,26,27,32)/t17-,19-,21-,38-/m1/s1. The first-order chi connectivity index (χ1) is 17.7. The molecular formula is C23H29F2N4O8P. The molecular weight excluding hydrogens is 529 g/mol. The van der Waals surface area contributed by atoms with Crippen molar-refractivity contribution in [3.05, 3.63) is 70.4 Å². The Morgan fingerprint density at radius 1 is 1.34 bits per heavy atom. The molecule has 2 heterocycles. The molecule has 1 aromatic carbocycles. The molecule has 1 aromatic heterocycles. The Morgan fingerprint density at radius 3 is 2.66 bits per heavy atom. The minimum absolute atomic E-state index is 0.193. The van der Waals surface area contributed by atoms with E-state index in [0.29, 0.717) is 10.1 Å². The van der Waals surface area contributed by atoms with Crippen LogP contribution < -0.4 is 16.5 Å². The van der Waals surface area contributed by atoms with Crippen molar-refractivity contribution in [2.75, 3.05) is 12.3 Å². The van der Waals surface area contributed by atoms with Crippen LogP contribution in [0.5, 0.6) is 0 Å². The van der Waals surface area contributed by atoms with Gasteiger partial charge in [-0.1, -0.05) is 30.8 Å². The fourth-order valence-electron chi connectivity index (χ4n) is 3.41. The Balaban J connectivity index is 1.79. The number of nitrogens with one attached hydrogen (secondary N) is 1. The third-order valence-corrected chi connectivity index (χ3v) is 6.91. The van der Waals surface area contributed by atoms with Crippen LogP contribution in [-0.2, 0) is 34.5 Å². The van der Waals surface area contributed by atoms with Gasteiger partial charge in [-0.2, -0.15) is 13.8 Å². The molecule has 0 aliphatic carbocycles. The van der Waals surface area contributed by atoms with E-state index in [1.807, 2.05) is 0 Å². The first-order valence-corrected chi connectivity index (χ1v) is 13.0. The fourth-order valence-corrected chi connectivity index (χ4v) is 4.68. The summed E-state index contributed by atoms with van der Waals surface area (Å²) in [5.41, 5.74) is 5.23. The van der Waals surface area contributed by atoms with Crippen molar-refractivity contribution in [3.8, 4) is 0 Å². The number of hydrogen-bond acceptors (Lipinski definition) is 10. The number of anilines is 1. The van der Waals surface area contributed by atoms with Gasteiger partial charge in [0.25, 0.3) is 0 Å². The molecule has 3 rings (SSSR count). The zero-order chi connectivity index (χ0) is 28.3. The highest BCUT2D eigenvalue weighted by molar-refractivity contribution is 7.51. The number of nitrogens with two attached hydrogens (primary N) is 1. The van der Waals surface area contributed by atoms with Gasteiger partial charge in [0.2, 0.25) is 6.23 Å². The maximum atomic E-state index is 14.8. The van der Waals surface area contributed by atoms with Crippen molar-refractivity contribution >= 4 is 19.5 Å². The molecule has 4 atom stereocenters. The van der Waals surface area contributed by atoms with Gasteiger partial charge in [-0.25, -0.2) is 14.2 Å². The summed E-state index contributed by atoms with van der Waals surface area (Å²) in [6.07, 6.45) is -6.03. The van der Waals surface area contributed by atoms with Gasteiger partial charge >= 0.3 is 25.3 Å². The van der Waals surface area contributed by atoms with Crippen molar-refractivity contribution in [3.63, 3.8) is 0 Å². The number of nitrogen functional groups attached to an aromatic ring is 1. The second kappa shape index (κ2) is 11.7. The summed E-state index contributed by atoms with van der Waals surface area (Å²) >= 11 is 0. The Morgan fingerprint density at radius 2 is 2.03 bits per heavy atom. The van der Waals surface area contributed by atoms with E-state index in [0.717, 1.165) is 17.8 Å². The molecule has 0 radical (unpaired) electrons. The minimum Gasteiger partial charge on any atom is -0.458 e.